The quantitative estimate of drug-likeness (QED) is 0.393. The minimum Gasteiger partial charge on any atom is -0.382 e. The van der Waals surface area contributed by atoms with E-state index in [0.717, 1.165) is 38.6 Å². The van der Waals surface area contributed by atoms with E-state index < -0.39 is 0 Å². The van der Waals surface area contributed by atoms with Crippen molar-refractivity contribution in [3.05, 3.63) is 35.4 Å². The molecule has 1 saturated heterocycles. The molecule has 0 bridgehead atoms. The zero-order chi connectivity index (χ0) is 18.6. The Morgan fingerprint density at radius 3 is 2.73 bits per heavy atom. The molecule has 0 aliphatic carbocycles. The van der Waals surface area contributed by atoms with Crippen LogP contribution in [0.4, 0.5) is 0 Å². The average Bonchev–Trinajstić information content (AvgIpc) is 3.12. The van der Waals surface area contributed by atoms with Gasteiger partial charge in [0.2, 0.25) is 0 Å². The summed E-state index contributed by atoms with van der Waals surface area (Å²) in [6.07, 6.45) is 1.14. The molecule has 2 rings (SSSR count). The first-order valence-electron chi connectivity index (χ1n) is 9.44. The van der Waals surface area contributed by atoms with Crippen LogP contribution in [0, 0.1) is 5.92 Å². The molecule has 0 spiro atoms. The number of nitrogens with one attached hydrogen (secondary N) is 1. The summed E-state index contributed by atoms with van der Waals surface area (Å²) in [6, 6.07) is 8.32. The first-order valence-corrected chi connectivity index (χ1v) is 9.44. The number of likely N-dealkylation sites (tertiary alicyclic amines) is 1. The fourth-order valence-corrected chi connectivity index (χ4v) is 3.15. The lowest BCUT2D eigenvalue weighted by atomic mass is 10.1. The maximum absolute atomic E-state index is 5.69. The third kappa shape index (κ3) is 6.59. The predicted octanol–water partition coefficient (Wildman–Crippen LogP) is 2.28. The Balaban J connectivity index is 1.93. The number of hydrogen-bond donors (Lipinski definition) is 1. The molecule has 1 aliphatic heterocycles. The minimum atomic E-state index is 0.552. The van der Waals surface area contributed by atoms with E-state index in [-0.39, 0.29) is 0 Å². The Morgan fingerprint density at radius 2 is 2.00 bits per heavy atom. The molecule has 1 fully saturated rings. The molecule has 1 aromatic carbocycles. The molecule has 6 heteroatoms. The summed E-state index contributed by atoms with van der Waals surface area (Å²) in [5, 5.41) is 3.43. The largest absolute Gasteiger partial charge is 0.382 e. The first kappa shape index (κ1) is 20.7. The van der Waals surface area contributed by atoms with Crippen molar-refractivity contribution in [3.8, 4) is 0 Å². The third-order valence-corrected chi connectivity index (χ3v) is 4.52. The highest BCUT2D eigenvalue weighted by molar-refractivity contribution is 5.80. The molecular formula is C20H33N3O3. The molecule has 1 aliphatic rings. The van der Waals surface area contributed by atoms with Crippen molar-refractivity contribution in [1.29, 1.82) is 0 Å². The highest BCUT2D eigenvalue weighted by atomic mass is 16.5. The molecule has 0 aromatic heterocycles. The van der Waals surface area contributed by atoms with Gasteiger partial charge in [-0.3, -0.25) is 0 Å². The standard InChI is InChI=1S/C20H33N3O3/c1-4-21-20(22-13-18-7-5-6-8-19(18)16-25-3)23-10-9-17(14-23)15-26-12-11-24-2/h5-8,17H,4,9-16H2,1-3H3,(H,21,22). The van der Waals surface area contributed by atoms with E-state index in [1.165, 1.54) is 11.1 Å². The number of benzene rings is 1. The van der Waals surface area contributed by atoms with Crippen LogP contribution in [0.25, 0.3) is 0 Å². The van der Waals surface area contributed by atoms with Crippen molar-refractivity contribution >= 4 is 5.96 Å². The zero-order valence-electron chi connectivity index (χ0n) is 16.4. The first-order chi connectivity index (χ1) is 12.8. The predicted molar refractivity (Wildman–Crippen MR) is 104 cm³/mol. The van der Waals surface area contributed by atoms with Crippen molar-refractivity contribution in [2.75, 3.05) is 53.7 Å². The summed E-state index contributed by atoms with van der Waals surface area (Å²) < 4.78 is 16.0. The molecule has 1 unspecified atom stereocenters. The number of hydrogen-bond acceptors (Lipinski definition) is 4. The van der Waals surface area contributed by atoms with Gasteiger partial charge in [-0.2, -0.15) is 0 Å². The number of ether oxygens (including phenoxy) is 3. The lowest BCUT2D eigenvalue weighted by molar-refractivity contribution is 0.0536. The van der Waals surface area contributed by atoms with Crippen molar-refractivity contribution in [2.45, 2.75) is 26.5 Å². The fraction of sp³-hybridized carbons (Fsp3) is 0.650. The zero-order valence-corrected chi connectivity index (χ0v) is 16.4. The smallest absolute Gasteiger partial charge is 0.194 e. The molecule has 146 valence electrons. The Hall–Kier alpha value is -1.63. The van der Waals surface area contributed by atoms with Crippen molar-refractivity contribution in [1.82, 2.24) is 10.2 Å². The van der Waals surface area contributed by atoms with Gasteiger partial charge in [0.05, 0.1) is 33.0 Å². The molecule has 1 heterocycles. The van der Waals surface area contributed by atoms with Gasteiger partial charge in [-0.25, -0.2) is 4.99 Å². The third-order valence-electron chi connectivity index (χ3n) is 4.52. The van der Waals surface area contributed by atoms with Gasteiger partial charge in [0.1, 0.15) is 0 Å². The van der Waals surface area contributed by atoms with Gasteiger partial charge >= 0.3 is 0 Å². The fourth-order valence-electron chi connectivity index (χ4n) is 3.15. The molecule has 1 N–H and O–H groups in total. The van der Waals surface area contributed by atoms with E-state index in [2.05, 4.69) is 35.3 Å². The highest BCUT2D eigenvalue weighted by Gasteiger charge is 2.25. The number of rotatable bonds is 10. The van der Waals surface area contributed by atoms with Crippen LogP contribution in [0.1, 0.15) is 24.5 Å². The van der Waals surface area contributed by atoms with E-state index in [1.54, 1.807) is 14.2 Å². The maximum Gasteiger partial charge on any atom is 0.194 e. The van der Waals surface area contributed by atoms with Crippen LogP contribution < -0.4 is 5.32 Å². The highest BCUT2D eigenvalue weighted by Crippen LogP contribution is 2.17. The average molecular weight is 364 g/mol. The maximum atomic E-state index is 5.69. The summed E-state index contributed by atoms with van der Waals surface area (Å²) >= 11 is 0. The molecule has 0 saturated carbocycles. The number of methoxy groups -OCH3 is 2. The topological polar surface area (TPSA) is 55.3 Å². The van der Waals surface area contributed by atoms with Gasteiger partial charge in [0.25, 0.3) is 0 Å². The summed E-state index contributed by atoms with van der Waals surface area (Å²) in [4.78, 5) is 7.21. The van der Waals surface area contributed by atoms with Crippen molar-refractivity contribution < 1.29 is 14.2 Å². The van der Waals surface area contributed by atoms with E-state index in [1.807, 2.05) is 6.07 Å². The van der Waals surface area contributed by atoms with Gasteiger partial charge in [0, 0.05) is 39.8 Å². The Kier molecular flexibility index (Phi) is 9.45. The van der Waals surface area contributed by atoms with Crippen LogP contribution >= 0.6 is 0 Å². The monoisotopic (exact) mass is 363 g/mol. The molecular weight excluding hydrogens is 330 g/mol. The molecule has 0 radical (unpaired) electrons. The second-order valence-electron chi connectivity index (χ2n) is 6.54. The molecule has 1 aromatic rings. The second-order valence-corrected chi connectivity index (χ2v) is 6.54. The lowest BCUT2D eigenvalue weighted by Crippen LogP contribution is -2.40. The Morgan fingerprint density at radius 1 is 1.19 bits per heavy atom. The molecule has 26 heavy (non-hydrogen) atoms. The van der Waals surface area contributed by atoms with Gasteiger partial charge in [-0.1, -0.05) is 24.3 Å². The summed E-state index contributed by atoms with van der Waals surface area (Å²) in [5.41, 5.74) is 2.41. The summed E-state index contributed by atoms with van der Waals surface area (Å²) in [7, 11) is 3.42. The van der Waals surface area contributed by atoms with E-state index in [0.29, 0.717) is 32.3 Å². The van der Waals surface area contributed by atoms with Gasteiger partial charge in [0.15, 0.2) is 5.96 Å². The lowest BCUT2D eigenvalue weighted by Gasteiger charge is -2.22. The Labute approximate surface area is 157 Å². The van der Waals surface area contributed by atoms with Gasteiger partial charge in [-0.15, -0.1) is 0 Å². The normalized spacial score (nSPS) is 17.7. The van der Waals surface area contributed by atoms with Crippen molar-refractivity contribution in [3.63, 3.8) is 0 Å². The number of aliphatic imine (C=N–C) groups is 1. The SMILES string of the molecule is CCNC(=NCc1ccccc1COC)N1CCC(COCCOC)C1. The summed E-state index contributed by atoms with van der Waals surface area (Å²) in [6.45, 7) is 8.36. The minimum absolute atomic E-state index is 0.552. The number of nitrogens with zero attached hydrogens (tertiary/aromatic N) is 2. The second kappa shape index (κ2) is 11.9. The summed E-state index contributed by atoms with van der Waals surface area (Å²) in [5.74, 6) is 1.54. The van der Waals surface area contributed by atoms with Crippen LogP contribution in [0.5, 0.6) is 0 Å². The van der Waals surface area contributed by atoms with Crippen LogP contribution in [0.15, 0.2) is 29.3 Å². The van der Waals surface area contributed by atoms with Crippen LogP contribution in [0.3, 0.4) is 0 Å². The van der Waals surface area contributed by atoms with Crippen LogP contribution in [0.2, 0.25) is 0 Å². The Bertz CT molecular complexity index is 551. The van der Waals surface area contributed by atoms with E-state index >= 15 is 0 Å². The van der Waals surface area contributed by atoms with E-state index in [9.17, 15) is 0 Å². The van der Waals surface area contributed by atoms with E-state index in [4.69, 9.17) is 19.2 Å². The van der Waals surface area contributed by atoms with Gasteiger partial charge in [-0.05, 0) is 24.5 Å². The molecule has 6 nitrogen and oxygen atoms in total. The van der Waals surface area contributed by atoms with Crippen LogP contribution in [-0.2, 0) is 27.4 Å². The number of guanidine groups is 1. The molecule has 1 atom stereocenters. The van der Waals surface area contributed by atoms with Gasteiger partial charge < -0.3 is 24.4 Å². The molecule has 0 amide bonds. The van der Waals surface area contributed by atoms with Crippen molar-refractivity contribution in [2.24, 2.45) is 10.9 Å². The van der Waals surface area contributed by atoms with Crippen LogP contribution in [-0.4, -0.2) is 64.5 Å².